The highest BCUT2D eigenvalue weighted by molar-refractivity contribution is 7.98. The van der Waals surface area contributed by atoms with Gasteiger partial charge in [-0.25, -0.2) is 0 Å². The Morgan fingerprint density at radius 2 is 2.13 bits per heavy atom. The van der Waals surface area contributed by atoms with Crippen molar-refractivity contribution in [2.24, 2.45) is 5.73 Å². The van der Waals surface area contributed by atoms with Gasteiger partial charge in [-0.2, -0.15) is 11.8 Å². The molecule has 23 heavy (non-hydrogen) atoms. The molecule has 1 fully saturated rings. The highest BCUT2D eigenvalue weighted by Gasteiger charge is 2.35. The first-order chi connectivity index (χ1) is 11.1. The number of piperidine rings is 1. The molecular weight excluding hydrogens is 310 g/mol. The van der Waals surface area contributed by atoms with Crippen molar-refractivity contribution in [1.82, 2.24) is 4.90 Å². The molecule has 126 valence electrons. The largest absolute Gasteiger partial charge is 0.332 e. The molecule has 0 saturated carbocycles. The van der Waals surface area contributed by atoms with E-state index in [0.717, 1.165) is 17.9 Å². The lowest BCUT2D eigenvalue weighted by molar-refractivity contribution is -0.139. The second kappa shape index (κ2) is 8.36. The van der Waals surface area contributed by atoms with Gasteiger partial charge in [0.05, 0.1) is 6.04 Å². The van der Waals surface area contributed by atoms with Crippen molar-refractivity contribution in [3.8, 4) is 0 Å². The molecule has 0 bridgehead atoms. The van der Waals surface area contributed by atoms with Crippen molar-refractivity contribution in [3.63, 3.8) is 0 Å². The van der Waals surface area contributed by atoms with Crippen LogP contribution in [0.25, 0.3) is 0 Å². The van der Waals surface area contributed by atoms with E-state index in [4.69, 9.17) is 5.73 Å². The molecule has 0 aromatic heterocycles. The molecule has 2 rings (SSSR count). The molecule has 1 aliphatic heterocycles. The Bertz CT molecular complexity index is 538. The van der Waals surface area contributed by atoms with E-state index in [1.165, 1.54) is 0 Å². The standard InChI is InChI=1S/C17H25N3O2S/c1-19(16(21)14(18)10-12-23-2)15-9-6-11-20(17(15)22)13-7-4-3-5-8-13/h3-5,7-8,14-15H,6,9-12,18H2,1-2H3/t14-,15?/m0/s1. The smallest absolute Gasteiger partial charge is 0.249 e. The normalized spacial score (nSPS) is 19.5. The molecule has 0 aliphatic carbocycles. The van der Waals surface area contributed by atoms with Gasteiger partial charge in [0, 0.05) is 19.3 Å². The summed E-state index contributed by atoms with van der Waals surface area (Å²) >= 11 is 1.67. The minimum atomic E-state index is -0.535. The summed E-state index contributed by atoms with van der Waals surface area (Å²) in [6.07, 6.45) is 4.19. The summed E-state index contributed by atoms with van der Waals surface area (Å²) < 4.78 is 0. The van der Waals surface area contributed by atoms with Gasteiger partial charge in [-0.15, -0.1) is 0 Å². The summed E-state index contributed by atoms with van der Waals surface area (Å²) in [5.74, 6) is 0.679. The van der Waals surface area contributed by atoms with Gasteiger partial charge in [0.1, 0.15) is 6.04 Å². The van der Waals surface area contributed by atoms with E-state index >= 15 is 0 Å². The van der Waals surface area contributed by atoms with Crippen LogP contribution in [0, 0.1) is 0 Å². The topological polar surface area (TPSA) is 66.6 Å². The predicted octanol–water partition coefficient (Wildman–Crippen LogP) is 1.72. The fraction of sp³-hybridized carbons (Fsp3) is 0.529. The van der Waals surface area contributed by atoms with Crippen LogP contribution in [0.15, 0.2) is 30.3 Å². The van der Waals surface area contributed by atoms with E-state index in [-0.39, 0.29) is 11.8 Å². The number of nitrogens with zero attached hydrogens (tertiary/aromatic N) is 2. The molecule has 0 radical (unpaired) electrons. The molecule has 2 N–H and O–H groups in total. The number of benzene rings is 1. The fourth-order valence-electron chi connectivity index (χ4n) is 2.86. The number of likely N-dealkylation sites (N-methyl/N-ethyl adjacent to an activating group) is 1. The molecule has 2 amide bonds. The lowest BCUT2D eigenvalue weighted by atomic mass is 10.0. The van der Waals surface area contributed by atoms with E-state index < -0.39 is 12.1 Å². The average Bonchev–Trinajstić information content (AvgIpc) is 2.59. The van der Waals surface area contributed by atoms with Gasteiger partial charge in [-0.05, 0) is 43.4 Å². The molecular formula is C17H25N3O2S. The number of anilines is 1. The SMILES string of the molecule is CSCC[C@H](N)C(=O)N(C)C1CCCN(c2ccccc2)C1=O. The Labute approximate surface area is 142 Å². The molecule has 1 unspecified atom stereocenters. The van der Waals surface area contributed by atoms with Crippen LogP contribution in [0.3, 0.4) is 0 Å². The number of thioether (sulfide) groups is 1. The van der Waals surface area contributed by atoms with Gasteiger partial charge in [-0.1, -0.05) is 18.2 Å². The minimum absolute atomic E-state index is 0.0182. The number of rotatable bonds is 6. The lowest BCUT2D eigenvalue weighted by Crippen LogP contribution is -2.56. The van der Waals surface area contributed by atoms with Crippen LogP contribution in [0.2, 0.25) is 0 Å². The molecule has 5 nitrogen and oxygen atoms in total. The predicted molar refractivity (Wildman–Crippen MR) is 95.6 cm³/mol. The molecule has 1 aromatic carbocycles. The Morgan fingerprint density at radius 3 is 2.78 bits per heavy atom. The van der Waals surface area contributed by atoms with E-state index in [0.29, 0.717) is 19.4 Å². The van der Waals surface area contributed by atoms with Crippen LogP contribution in [0.1, 0.15) is 19.3 Å². The highest BCUT2D eigenvalue weighted by Crippen LogP contribution is 2.23. The van der Waals surface area contributed by atoms with Crippen LogP contribution < -0.4 is 10.6 Å². The van der Waals surface area contributed by atoms with E-state index in [2.05, 4.69) is 0 Å². The zero-order valence-electron chi connectivity index (χ0n) is 13.8. The monoisotopic (exact) mass is 335 g/mol. The molecule has 2 atom stereocenters. The molecule has 1 aliphatic rings. The maximum atomic E-state index is 12.8. The zero-order chi connectivity index (χ0) is 16.8. The maximum absolute atomic E-state index is 12.8. The number of hydrogen-bond acceptors (Lipinski definition) is 4. The number of hydrogen-bond donors (Lipinski definition) is 1. The average molecular weight is 335 g/mol. The quantitative estimate of drug-likeness (QED) is 0.860. The van der Waals surface area contributed by atoms with Crippen molar-refractivity contribution >= 4 is 29.3 Å². The number of amides is 2. The molecule has 1 aromatic rings. The van der Waals surface area contributed by atoms with Gasteiger partial charge < -0.3 is 15.5 Å². The Morgan fingerprint density at radius 1 is 1.43 bits per heavy atom. The summed E-state index contributed by atoms with van der Waals surface area (Å²) in [6.45, 7) is 0.694. The van der Waals surface area contributed by atoms with Gasteiger partial charge in [0.25, 0.3) is 0 Å². The van der Waals surface area contributed by atoms with Crippen molar-refractivity contribution in [3.05, 3.63) is 30.3 Å². The summed E-state index contributed by atoms with van der Waals surface area (Å²) in [6, 6.07) is 8.65. The van der Waals surface area contributed by atoms with Crippen LogP contribution in [-0.4, -0.2) is 54.4 Å². The summed E-state index contributed by atoms with van der Waals surface area (Å²) in [4.78, 5) is 28.6. The van der Waals surface area contributed by atoms with Gasteiger partial charge in [-0.3, -0.25) is 9.59 Å². The van der Waals surface area contributed by atoms with Crippen molar-refractivity contribution < 1.29 is 9.59 Å². The Hall–Kier alpha value is -1.53. The zero-order valence-corrected chi connectivity index (χ0v) is 14.6. The second-order valence-corrected chi connectivity index (χ2v) is 6.81. The Kier molecular flexibility index (Phi) is 6.47. The van der Waals surface area contributed by atoms with E-state index in [9.17, 15) is 9.59 Å². The fourth-order valence-corrected chi connectivity index (χ4v) is 3.35. The second-order valence-electron chi connectivity index (χ2n) is 5.82. The lowest BCUT2D eigenvalue weighted by Gasteiger charge is -2.37. The number of carbonyl (C=O) groups is 2. The Balaban J connectivity index is 2.07. The molecule has 6 heteroatoms. The van der Waals surface area contributed by atoms with Crippen LogP contribution in [0.4, 0.5) is 5.69 Å². The molecule has 0 spiro atoms. The summed E-state index contributed by atoms with van der Waals surface area (Å²) in [5.41, 5.74) is 6.86. The van der Waals surface area contributed by atoms with Crippen LogP contribution in [-0.2, 0) is 9.59 Å². The first-order valence-electron chi connectivity index (χ1n) is 7.94. The van der Waals surface area contributed by atoms with Crippen molar-refractivity contribution in [1.29, 1.82) is 0 Å². The summed E-state index contributed by atoms with van der Waals surface area (Å²) in [5, 5.41) is 0. The van der Waals surface area contributed by atoms with Gasteiger partial charge in [0.15, 0.2) is 0 Å². The third-order valence-corrected chi connectivity index (χ3v) is 4.89. The van der Waals surface area contributed by atoms with Crippen LogP contribution in [0.5, 0.6) is 0 Å². The maximum Gasteiger partial charge on any atom is 0.249 e. The van der Waals surface area contributed by atoms with Crippen molar-refractivity contribution in [2.45, 2.75) is 31.3 Å². The first kappa shape index (κ1) is 17.8. The first-order valence-corrected chi connectivity index (χ1v) is 9.33. The van der Waals surface area contributed by atoms with Gasteiger partial charge in [0.2, 0.25) is 11.8 Å². The third kappa shape index (κ3) is 4.26. The van der Waals surface area contributed by atoms with Crippen molar-refractivity contribution in [2.75, 3.05) is 30.5 Å². The minimum Gasteiger partial charge on any atom is -0.332 e. The van der Waals surface area contributed by atoms with E-state index in [1.54, 1.807) is 28.6 Å². The van der Waals surface area contributed by atoms with Crippen LogP contribution >= 0.6 is 11.8 Å². The number of carbonyl (C=O) groups excluding carboxylic acids is 2. The summed E-state index contributed by atoms with van der Waals surface area (Å²) in [7, 11) is 1.69. The van der Waals surface area contributed by atoms with E-state index in [1.807, 2.05) is 36.6 Å². The number of nitrogens with two attached hydrogens (primary N) is 1. The number of para-hydroxylation sites is 1. The molecule has 1 saturated heterocycles. The molecule has 1 heterocycles. The third-order valence-electron chi connectivity index (χ3n) is 4.24. The highest BCUT2D eigenvalue weighted by atomic mass is 32.2. The van der Waals surface area contributed by atoms with Gasteiger partial charge >= 0.3 is 0 Å².